The van der Waals surface area contributed by atoms with Crippen LogP contribution in [0, 0.1) is 0 Å². The molecule has 0 spiro atoms. The fourth-order valence-corrected chi connectivity index (χ4v) is 2.28. The van der Waals surface area contributed by atoms with E-state index >= 15 is 0 Å². The highest BCUT2D eigenvalue weighted by Gasteiger charge is 2.05. The van der Waals surface area contributed by atoms with Crippen LogP contribution in [-0.4, -0.2) is 32.6 Å². The number of aryl methyl sites for hydroxylation is 1. The van der Waals surface area contributed by atoms with Gasteiger partial charge in [0.25, 0.3) is 11.8 Å². The molecule has 7 heteroatoms. The Morgan fingerprint density at radius 1 is 0.929 bits per heavy atom. The summed E-state index contributed by atoms with van der Waals surface area (Å²) in [5, 5.41) is 0. The number of methoxy groups -OCH3 is 2. The molecule has 2 aromatic rings. The van der Waals surface area contributed by atoms with Crippen molar-refractivity contribution in [2.75, 3.05) is 20.8 Å². The molecule has 0 atom stereocenters. The summed E-state index contributed by atoms with van der Waals surface area (Å²) < 4.78 is 15.7. The molecule has 2 amide bonds. The van der Waals surface area contributed by atoms with Crippen LogP contribution in [0.5, 0.6) is 17.2 Å². The zero-order valence-corrected chi connectivity index (χ0v) is 16.2. The van der Waals surface area contributed by atoms with E-state index in [9.17, 15) is 9.59 Å². The fraction of sp³-hybridized carbons (Fsp3) is 0.238. The summed E-state index contributed by atoms with van der Waals surface area (Å²) in [6.45, 7) is 1.85. The van der Waals surface area contributed by atoms with Crippen molar-refractivity contribution < 1.29 is 23.8 Å². The van der Waals surface area contributed by atoms with E-state index in [4.69, 9.17) is 14.2 Å². The number of hydrogen-bond acceptors (Lipinski definition) is 5. The van der Waals surface area contributed by atoms with Crippen LogP contribution >= 0.6 is 0 Å². The molecule has 0 saturated carbocycles. The highest BCUT2D eigenvalue weighted by molar-refractivity contribution is 5.93. The molecule has 0 saturated heterocycles. The van der Waals surface area contributed by atoms with Crippen LogP contribution in [-0.2, 0) is 16.0 Å². The Balaban J connectivity index is 1.79. The average Bonchev–Trinajstić information content (AvgIpc) is 2.74. The van der Waals surface area contributed by atoms with Crippen molar-refractivity contribution >= 4 is 17.9 Å². The molecular weight excluding hydrogens is 360 g/mol. The maximum absolute atomic E-state index is 11.9. The van der Waals surface area contributed by atoms with Crippen molar-refractivity contribution in [2.45, 2.75) is 13.3 Å². The van der Waals surface area contributed by atoms with Gasteiger partial charge >= 0.3 is 0 Å². The first kappa shape index (κ1) is 20.8. The highest BCUT2D eigenvalue weighted by atomic mass is 16.5. The summed E-state index contributed by atoms with van der Waals surface area (Å²) in [7, 11) is 3.09. The molecule has 7 nitrogen and oxygen atoms in total. The molecule has 0 unspecified atom stereocenters. The third-order valence-corrected chi connectivity index (χ3v) is 3.83. The van der Waals surface area contributed by atoms with Crippen molar-refractivity contribution in [3.63, 3.8) is 0 Å². The van der Waals surface area contributed by atoms with E-state index in [0.717, 1.165) is 12.0 Å². The van der Waals surface area contributed by atoms with Gasteiger partial charge in [0.2, 0.25) is 0 Å². The maximum atomic E-state index is 11.9. The van der Waals surface area contributed by atoms with Crippen LogP contribution in [0.1, 0.15) is 18.1 Å². The van der Waals surface area contributed by atoms with Crippen LogP contribution < -0.4 is 25.1 Å². The lowest BCUT2D eigenvalue weighted by molar-refractivity contribution is -0.128. The average molecular weight is 384 g/mol. The zero-order valence-electron chi connectivity index (χ0n) is 16.2. The molecule has 2 N–H and O–H groups in total. The van der Waals surface area contributed by atoms with Gasteiger partial charge in [0.05, 0.1) is 14.2 Å². The van der Waals surface area contributed by atoms with E-state index in [2.05, 4.69) is 17.8 Å². The smallest absolute Gasteiger partial charge is 0.276 e. The molecule has 28 heavy (non-hydrogen) atoms. The van der Waals surface area contributed by atoms with Gasteiger partial charge in [0.15, 0.2) is 6.61 Å². The SMILES string of the molecule is CCc1ccc(OCC(=O)NNC(=O)C=Cc2cc(OC)cc(OC)c2)cc1. The maximum Gasteiger partial charge on any atom is 0.276 e. The lowest BCUT2D eigenvalue weighted by Crippen LogP contribution is -2.43. The van der Waals surface area contributed by atoms with Gasteiger partial charge in [-0.25, -0.2) is 0 Å². The van der Waals surface area contributed by atoms with E-state index in [0.29, 0.717) is 17.2 Å². The minimum atomic E-state index is -0.484. The first-order chi connectivity index (χ1) is 13.5. The van der Waals surface area contributed by atoms with Gasteiger partial charge in [-0.05, 0) is 47.9 Å². The Bertz CT molecular complexity index is 809. The molecule has 2 rings (SSSR count). The molecule has 0 aliphatic heterocycles. The van der Waals surface area contributed by atoms with Gasteiger partial charge in [-0.1, -0.05) is 19.1 Å². The third-order valence-electron chi connectivity index (χ3n) is 3.83. The second-order valence-electron chi connectivity index (χ2n) is 5.80. The number of amides is 2. The minimum absolute atomic E-state index is 0.206. The highest BCUT2D eigenvalue weighted by Crippen LogP contribution is 2.23. The number of hydrogen-bond donors (Lipinski definition) is 2. The van der Waals surface area contributed by atoms with E-state index in [-0.39, 0.29) is 6.61 Å². The summed E-state index contributed by atoms with van der Waals surface area (Å²) in [4.78, 5) is 23.6. The monoisotopic (exact) mass is 384 g/mol. The summed E-state index contributed by atoms with van der Waals surface area (Å²) in [5.74, 6) is 0.853. The molecule has 0 fully saturated rings. The van der Waals surface area contributed by atoms with Crippen LogP contribution in [0.2, 0.25) is 0 Å². The van der Waals surface area contributed by atoms with Crippen molar-refractivity contribution in [2.24, 2.45) is 0 Å². The molecule has 0 heterocycles. The Morgan fingerprint density at radius 2 is 1.57 bits per heavy atom. The van der Waals surface area contributed by atoms with Gasteiger partial charge in [0.1, 0.15) is 17.2 Å². The minimum Gasteiger partial charge on any atom is -0.497 e. The first-order valence-corrected chi connectivity index (χ1v) is 8.75. The first-order valence-electron chi connectivity index (χ1n) is 8.75. The Labute approximate surface area is 164 Å². The number of nitrogens with one attached hydrogen (secondary N) is 2. The molecule has 0 aromatic heterocycles. The Kier molecular flexibility index (Phi) is 7.90. The van der Waals surface area contributed by atoms with Gasteiger partial charge in [-0.3, -0.25) is 20.4 Å². The fourth-order valence-electron chi connectivity index (χ4n) is 2.28. The molecule has 0 aliphatic rings. The van der Waals surface area contributed by atoms with Crippen molar-refractivity contribution in [1.82, 2.24) is 10.9 Å². The lowest BCUT2D eigenvalue weighted by atomic mass is 10.2. The number of carbonyl (C=O) groups excluding carboxylic acids is 2. The normalized spacial score (nSPS) is 10.4. The second kappa shape index (κ2) is 10.6. The zero-order chi connectivity index (χ0) is 20.4. The van der Waals surface area contributed by atoms with Gasteiger partial charge in [-0.15, -0.1) is 0 Å². The Morgan fingerprint density at radius 3 is 2.14 bits per heavy atom. The molecular formula is C21H24N2O5. The third kappa shape index (κ3) is 6.68. The molecule has 2 aromatic carbocycles. The summed E-state index contributed by atoms with van der Waals surface area (Å²) in [6.07, 6.45) is 3.81. The predicted molar refractivity (Wildman–Crippen MR) is 106 cm³/mol. The van der Waals surface area contributed by atoms with Crippen LogP contribution in [0.15, 0.2) is 48.5 Å². The lowest BCUT2D eigenvalue weighted by Gasteiger charge is -2.08. The molecule has 148 valence electrons. The van der Waals surface area contributed by atoms with Gasteiger partial charge in [0, 0.05) is 12.1 Å². The van der Waals surface area contributed by atoms with E-state index < -0.39 is 11.8 Å². The largest absolute Gasteiger partial charge is 0.497 e. The second-order valence-corrected chi connectivity index (χ2v) is 5.80. The van der Waals surface area contributed by atoms with Crippen LogP contribution in [0.25, 0.3) is 6.08 Å². The van der Waals surface area contributed by atoms with E-state index in [1.807, 2.05) is 12.1 Å². The van der Waals surface area contributed by atoms with Crippen LogP contribution in [0.3, 0.4) is 0 Å². The topological polar surface area (TPSA) is 85.9 Å². The quantitative estimate of drug-likeness (QED) is 0.540. The van der Waals surface area contributed by atoms with Gasteiger partial charge < -0.3 is 14.2 Å². The number of hydrazine groups is 1. The van der Waals surface area contributed by atoms with Crippen molar-refractivity contribution in [1.29, 1.82) is 0 Å². The predicted octanol–water partition coefficient (Wildman–Crippen LogP) is 2.51. The summed E-state index contributed by atoms with van der Waals surface area (Å²) in [6, 6.07) is 12.7. The number of ether oxygens (including phenoxy) is 3. The summed E-state index contributed by atoms with van der Waals surface area (Å²) >= 11 is 0. The molecule has 0 bridgehead atoms. The van der Waals surface area contributed by atoms with Crippen molar-refractivity contribution in [3.05, 3.63) is 59.7 Å². The molecule has 0 radical (unpaired) electrons. The van der Waals surface area contributed by atoms with E-state index in [1.54, 1.807) is 50.6 Å². The summed E-state index contributed by atoms with van der Waals surface area (Å²) in [5.41, 5.74) is 6.49. The van der Waals surface area contributed by atoms with Crippen LogP contribution in [0.4, 0.5) is 0 Å². The number of benzene rings is 2. The number of rotatable bonds is 8. The molecule has 0 aliphatic carbocycles. The van der Waals surface area contributed by atoms with Gasteiger partial charge in [-0.2, -0.15) is 0 Å². The Hall–Kier alpha value is -3.48. The van der Waals surface area contributed by atoms with E-state index in [1.165, 1.54) is 11.6 Å². The number of carbonyl (C=O) groups is 2. The van der Waals surface area contributed by atoms with Crippen molar-refractivity contribution in [3.8, 4) is 17.2 Å². The standard InChI is InChI=1S/C21H24N2O5/c1-4-15-5-8-17(9-6-15)28-14-21(25)23-22-20(24)10-7-16-11-18(26-2)13-19(12-16)27-3/h5-13H,4,14H2,1-3H3,(H,22,24)(H,23,25).